The van der Waals surface area contributed by atoms with E-state index in [0.717, 1.165) is 18.4 Å². The first kappa shape index (κ1) is 16.9. The Morgan fingerprint density at radius 2 is 1.80 bits per heavy atom. The van der Waals surface area contributed by atoms with E-state index in [4.69, 9.17) is 0 Å². The van der Waals surface area contributed by atoms with Crippen LogP contribution in [-0.2, 0) is 17.8 Å². The molecule has 0 fully saturated rings. The zero-order valence-electron chi connectivity index (χ0n) is 14.2. The van der Waals surface area contributed by atoms with E-state index in [1.807, 2.05) is 42.5 Å². The number of aromatic nitrogens is 2. The molecule has 0 saturated heterocycles. The van der Waals surface area contributed by atoms with Gasteiger partial charge in [0.15, 0.2) is 0 Å². The third-order valence-corrected chi connectivity index (χ3v) is 4.12. The molecule has 1 amide bonds. The molecule has 1 aromatic heterocycles. The monoisotopic (exact) mass is 335 g/mol. The van der Waals surface area contributed by atoms with Crippen molar-refractivity contribution in [1.29, 1.82) is 0 Å². The average Bonchev–Trinajstić information content (AvgIpc) is 2.63. The van der Waals surface area contributed by atoms with Crippen molar-refractivity contribution >= 4 is 16.9 Å². The first-order chi connectivity index (χ1) is 12.1. The van der Waals surface area contributed by atoms with Gasteiger partial charge in [-0.05, 0) is 37.5 Å². The lowest BCUT2D eigenvalue weighted by atomic mass is 10.1. The van der Waals surface area contributed by atoms with Crippen LogP contribution in [0.15, 0.2) is 59.4 Å². The second-order valence-corrected chi connectivity index (χ2v) is 6.02. The maximum absolute atomic E-state index is 12.4. The van der Waals surface area contributed by atoms with Crippen LogP contribution in [0.4, 0.5) is 0 Å². The van der Waals surface area contributed by atoms with Crippen LogP contribution < -0.4 is 10.9 Å². The zero-order valence-corrected chi connectivity index (χ0v) is 14.2. The van der Waals surface area contributed by atoms with Gasteiger partial charge in [0.05, 0.1) is 11.0 Å². The van der Waals surface area contributed by atoms with Crippen molar-refractivity contribution in [2.45, 2.75) is 26.3 Å². The lowest BCUT2D eigenvalue weighted by molar-refractivity contribution is -0.121. The lowest BCUT2D eigenvalue weighted by Crippen LogP contribution is -2.34. The molecule has 3 rings (SSSR count). The Morgan fingerprint density at radius 3 is 2.60 bits per heavy atom. The number of rotatable bonds is 6. The van der Waals surface area contributed by atoms with Crippen LogP contribution >= 0.6 is 0 Å². The van der Waals surface area contributed by atoms with Crippen LogP contribution in [0.5, 0.6) is 0 Å². The normalized spacial score (nSPS) is 10.8. The third-order valence-electron chi connectivity index (χ3n) is 4.12. The molecule has 2 aromatic carbocycles. The van der Waals surface area contributed by atoms with E-state index in [2.05, 4.69) is 22.4 Å². The summed E-state index contributed by atoms with van der Waals surface area (Å²) in [7, 11) is 0. The molecule has 0 unspecified atom stereocenters. The van der Waals surface area contributed by atoms with Gasteiger partial charge < -0.3 is 5.32 Å². The molecular formula is C20H21N3O2. The molecule has 25 heavy (non-hydrogen) atoms. The van der Waals surface area contributed by atoms with E-state index in [1.54, 1.807) is 6.92 Å². The first-order valence-electron chi connectivity index (χ1n) is 8.42. The smallest absolute Gasteiger partial charge is 0.272 e. The second kappa shape index (κ2) is 7.75. The van der Waals surface area contributed by atoms with E-state index in [0.29, 0.717) is 17.8 Å². The van der Waals surface area contributed by atoms with Crippen LogP contribution in [0.3, 0.4) is 0 Å². The maximum atomic E-state index is 12.4. The number of amides is 1. The van der Waals surface area contributed by atoms with Crippen molar-refractivity contribution < 1.29 is 4.79 Å². The van der Waals surface area contributed by atoms with Gasteiger partial charge in [-0.25, -0.2) is 4.98 Å². The fourth-order valence-corrected chi connectivity index (χ4v) is 2.84. The summed E-state index contributed by atoms with van der Waals surface area (Å²) >= 11 is 0. The highest BCUT2D eigenvalue weighted by molar-refractivity contribution is 5.80. The lowest BCUT2D eigenvalue weighted by Gasteiger charge is -2.11. The molecule has 0 saturated carbocycles. The number of carbonyl (C=O) groups is 1. The van der Waals surface area contributed by atoms with Gasteiger partial charge in [0, 0.05) is 6.54 Å². The number of benzene rings is 2. The number of aryl methyl sites for hydroxylation is 2. The molecule has 0 aliphatic rings. The van der Waals surface area contributed by atoms with Crippen molar-refractivity contribution in [2.75, 3.05) is 6.54 Å². The van der Waals surface area contributed by atoms with Gasteiger partial charge in [-0.2, -0.15) is 0 Å². The standard InChI is InChI=1S/C20H21N3O2/c1-15-20(25)23(18-12-6-5-11-17(18)22-15)14-19(24)21-13-7-10-16-8-3-2-4-9-16/h2-6,8-9,11-12H,7,10,13-14H2,1H3,(H,21,24). The van der Waals surface area contributed by atoms with Gasteiger partial charge >= 0.3 is 0 Å². The van der Waals surface area contributed by atoms with Crippen molar-refractivity contribution in [2.24, 2.45) is 0 Å². The fourth-order valence-electron chi connectivity index (χ4n) is 2.84. The van der Waals surface area contributed by atoms with E-state index >= 15 is 0 Å². The molecule has 0 aliphatic heterocycles. The molecule has 0 aliphatic carbocycles. The van der Waals surface area contributed by atoms with Crippen LogP contribution in [0.25, 0.3) is 11.0 Å². The highest BCUT2D eigenvalue weighted by Crippen LogP contribution is 2.09. The summed E-state index contributed by atoms with van der Waals surface area (Å²) in [4.78, 5) is 28.9. The second-order valence-electron chi connectivity index (χ2n) is 6.02. The summed E-state index contributed by atoms with van der Waals surface area (Å²) in [6.07, 6.45) is 1.78. The number of para-hydroxylation sites is 2. The van der Waals surface area contributed by atoms with Gasteiger partial charge in [-0.15, -0.1) is 0 Å². The van der Waals surface area contributed by atoms with Crippen LogP contribution in [0.1, 0.15) is 17.7 Å². The molecule has 3 aromatic rings. The SMILES string of the molecule is Cc1nc2ccccc2n(CC(=O)NCCCc2ccccc2)c1=O. The Hall–Kier alpha value is -2.95. The predicted molar refractivity (Wildman–Crippen MR) is 98.5 cm³/mol. The molecule has 5 nitrogen and oxygen atoms in total. The number of carbonyl (C=O) groups excluding carboxylic acids is 1. The largest absolute Gasteiger partial charge is 0.355 e. The minimum absolute atomic E-state index is 0.00798. The third kappa shape index (κ3) is 4.12. The number of hydrogen-bond donors (Lipinski definition) is 1. The topological polar surface area (TPSA) is 64.0 Å². The molecule has 1 N–H and O–H groups in total. The Morgan fingerprint density at radius 1 is 1.08 bits per heavy atom. The molecule has 128 valence electrons. The van der Waals surface area contributed by atoms with Gasteiger partial charge in [0.1, 0.15) is 12.2 Å². The Balaban J connectivity index is 1.62. The Kier molecular flexibility index (Phi) is 5.23. The molecular weight excluding hydrogens is 314 g/mol. The van der Waals surface area contributed by atoms with E-state index < -0.39 is 0 Å². The number of nitrogens with one attached hydrogen (secondary N) is 1. The molecule has 5 heteroatoms. The summed E-state index contributed by atoms with van der Waals surface area (Å²) in [5, 5.41) is 2.89. The quantitative estimate of drug-likeness (QED) is 0.704. The molecule has 0 spiro atoms. The van der Waals surface area contributed by atoms with Gasteiger partial charge in [0.25, 0.3) is 5.56 Å². The maximum Gasteiger partial charge on any atom is 0.272 e. The van der Waals surface area contributed by atoms with Crippen molar-refractivity contribution in [3.63, 3.8) is 0 Å². The van der Waals surface area contributed by atoms with Crippen LogP contribution in [0.2, 0.25) is 0 Å². The number of hydrogen-bond acceptors (Lipinski definition) is 3. The minimum atomic E-state index is -0.224. The van der Waals surface area contributed by atoms with E-state index in [-0.39, 0.29) is 18.0 Å². The predicted octanol–water partition coefficient (Wildman–Crippen LogP) is 2.45. The van der Waals surface area contributed by atoms with Crippen molar-refractivity contribution in [3.05, 3.63) is 76.2 Å². The van der Waals surface area contributed by atoms with Crippen molar-refractivity contribution in [3.8, 4) is 0 Å². The summed E-state index contributed by atoms with van der Waals surface area (Å²) in [6.45, 7) is 2.27. The van der Waals surface area contributed by atoms with Gasteiger partial charge in [-0.1, -0.05) is 42.5 Å². The summed E-state index contributed by atoms with van der Waals surface area (Å²) in [5.74, 6) is -0.161. The average molecular weight is 335 g/mol. The van der Waals surface area contributed by atoms with Gasteiger partial charge in [0.2, 0.25) is 5.91 Å². The first-order valence-corrected chi connectivity index (χ1v) is 8.42. The molecule has 0 bridgehead atoms. The zero-order chi connectivity index (χ0) is 17.6. The summed E-state index contributed by atoms with van der Waals surface area (Å²) < 4.78 is 1.49. The highest BCUT2D eigenvalue weighted by atomic mass is 16.2. The molecule has 1 heterocycles. The minimum Gasteiger partial charge on any atom is -0.355 e. The van der Waals surface area contributed by atoms with E-state index in [1.165, 1.54) is 10.1 Å². The van der Waals surface area contributed by atoms with Gasteiger partial charge in [-0.3, -0.25) is 14.2 Å². The number of fused-ring (bicyclic) bond motifs is 1. The Labute approximate surface area is 146 Å². The molecule has 0 atom stereocenters. The highest BCUT2D eigenvalue weighted by Gasteiger charge is 2.11. The van der Waals surface area contributed by atoms with Crippen LogP contribution in [0, 0.1) is 6.92 Å². The fraction of sp³-hybridized carbons (Fsp3) is 0.250. The number of nitrogens with zero attached hydrogens (tertiary/aromatic N) is 2. The van der Waals surface area contributed by atoms with Crippen molar-refractivity contribution in [1.82, 2.24) is 14.9 Å². The summed E-state index contributed by atoms with van der Waals surface area (Å²) in [6, 6.07) is 17.5. The van der Waals surface area contributed by atoms with E-state index in [9.17, 15) is 9.59 Å². The molecule has 0 radical (unpaired) electrons. The summed E-state index contributed by atoms with van der Waals surface area (Å²) in [5.41, 5.74) is 2.83. The van der Waals surface area contributed by atoms with Crippen LogP contribution in [-0.4, -0.2) is 22.0 Å². The Bertz CT molecular complexity index is 933.